The number of anilines is 1. The minimum Gasteiger partial charge on any atom is -0.495 e. The van der Waals surface area contributed by atoms with Crippen molar-refractivity contribution in [3.8, 4) is 5.75 Å². The highest BCUT2D eigenvalue weighted by molar-refractivity contribution is 6.32. The van der Waals surface area contributed by atoms with Crippen LogP contribution in [-0.2, 0) is 0 Å². The Morgan fingerprint density at radius 2 is 2.00 bits per heavy atom. The summed E-state index contributed by atoms with van der Waals surface area (Å²) >= 11 is 6.13. The number of rotatable bonds is 2. The molecule has 0 saturated carbocycles. The van der Waals surface area contributed by atoms with Crippen molar-refractivity contribution in [2.45, 2.75) is 25.3 Å². The SMILES string of the molecule is COc1ccc(N2CCC(C)(N)CC2)cc1Cl. The number of nitrogens with two attached hydrogens (primary N) is 1. The molecule has 4 heteroatoms. The highest BCUT2D eigenvalue weighted by Crippen LogP contribution is 2.31. The van der Waals surface area contributed by atoms with Gasteiger partial charge in [0.05, 0.1) is 12.1 Å². The van der Waals surface area contributed by atoms with Crippen LogP contribution in [0.15, 0.2) is 18.2 Å². The molecule has 2 rings (SSSR count). The minimum atomic E-state index is -0.0211. The highest BCUT2D eigenvalue weighted by Gasteiger charge is 2.26. The molecule has 0 bridgehead atoms. The van der Waals surface area contributed by atoms with Crippen LogP contribution in [0.4, 0.5) is 5.69 Å². The Balaban J connectivity index is 2.11. The Kier molecular flexibility index (Phi) is 3.50. The monoisotopic (exact) mass is 254 g/mol. The zero-order valence-electron chi connectivity index (χ0n) is 10.4. The van der Waals surface area contributed by atoms with Gasteiger partial charge >= 0.3 is 0 Å². The number of ether oxygens (including phenoxy) is 1. The van der Waals surface area contributed by atoms with Crippen LogP contribution in [0.25, 0.3) is 0 Å². The second kappa shape index (κ2) is 4.75. The third kappa shape index (κ3) is 2.85. The van der Waals surface area contributed by atoms with E-state index < -0.39 is 0 Å². The minimum absolute atomic E-state index is 0.0211. The second-order valence-electron chi connectivity index (χ2n) is 4.96. The zero-order chi connectivity index (χ0) is 12.5. The summed E-state index contributed by atoms with van der Waals surface area (Å²) < 4.78 is 5.15. The van der Waals surface area contributed by atoms with E-state index in [-0.39, 0.29) is 5.54 Å². The van der Waals surface area contributed by atoms with Gasteiger partial charge in [0.15, 0.2) is 0 Å². The quantitative estimate of drug-likeness (QED) is 0.882. The number of benzene rings is 1. The third-order valence-electron chi connectivity index (χ3n) is 3.41. The summed E-state index contributed by atoms with van der Waals surface area (Å²) in [5.41, 5.74) is 7.24. The van der Waals surface area contributed by atoms with Gasteiger partial charge in [-0.2, -0.15) is 0 Å². The number of halogens is 1. The van der Waals surface area contributed by atoms with Crippen LogP contribution in [0, 0.1) is 0 Å². The molecule has 1 aromatic rings. The lowest BCUT2D eigenvalue weighted by Gasteiger charge is -2.38. The van der Waals surface area contributed by atoms with E-state index in [1.807, 2.05) is 18.2 Å². The van der Waals surface area contributed by atoms with Crippen molar-refractivity contribution in [3.63, 3.8) is 0 Å². The molecule has 0 aromatic heterocycles. The normalized spacial score (nSPS) is 19.2. The van der Waals surface area contributed by atoms with Crippen LogP contribution >= 0.6 is 11.6 Å². The van der Waals surface area contributed by atoms with Gasteiger partial charge in [0.1, 0.15) is 5.75 Å². The van der Waals surface area contributed by atoms with E-state index in [4.69, 9.17) is 22.1 Å². The van der Waals surface area contributed by atoms with E-state index in [9.17, 15) is 0 Å². The maximum Gasteiger partial charge on any atom is 0.137 e. The smallest absolute Gasteiger partial charge is 0.137 e. The van der Waals surface area contributed by atoms with Crippen LogP contribution in [-0.4, -0.2) is 25.7 Å². The zero-order valence-corrected chi connectivity index (χ0v) is 11.1. The maximum atomic E-state index is 6.13. The molecule has 3 nitrogen and oxygen atoms in total. The number of hydrogen-bond donors (Lipinski definition) is 1. The van der Waals surface area contributed by atoms with Crippen molar-refractivity contribution in [2.24, 2.45) is 5.73 Å². The first-order valence-electron chi connectivity index (χ1n) is 5.89. The third-order valence-corrected chi connectivity index (χ3v) is 3.70. The van der Waals surface area contributed by atoms with Crippen LogP contribution in [0.2, 0.25) is 5.02 Å². The molecule has 1 fully saturated rings. The summed E-state index contributed by atoms with van der Waals surface area (Å²) in [4.78, 5) is 2.32. The van der Waals surface area contributed by atoms with E-state index >= 15 is 0 Å². The molecule has 1 aliphatic rings. The molecular formula is C13H19ClN2O. The second-order valence-corrected chi connectivity index (χ2v) is 5.37. The molecule has 1 aromatic carbocycles. The molecule has 0 atom stereocenters. The Labute approximate surface area is 107 Å². The van der Waals surface area contributed by atoms with Gasteiger partial charge in [0, 0.05) is 24.3 Å². The van der Waals surface area contributed by atoms with Gasteiger partial charge in [-0.25, -0.2) is 0 Å². The van der Waals surface area contributed by atoms with Crippen LogP contribution in [0.1, 0.15) is 19.8 Å². The molecule has 2 N–H and O–H groups in total. The maximum absolute atomic E-state index is 6.13. The van der Waals surface area contributed by atoms with Gasteiger partial charge < -0.3 is 15.4 Å². The molecule has 1 saturated heterocycles. The van der Waals surface area contributed by atoms with Crippen LogP contribution in [0.3, 0.4) is 0 Å². The van der Waals surface area contributed by atoms with Crippen molar-refractivity contribution in [1.82, 2.24) is 0 Å². The summed E-state index contributed by atoms with van der Waals surface area (Å²) in [5.74, 6) is 0.719. The van der Waals surface area contributed by atoms with Crippen molar-refractivity contribution >= 4 is 17.3 Å². The standard InChI is InChI=1S/C13H19ClN2O/c1-13(15)5-7-16(8-6-13)10-3-4-12(17-2)11(14)9-10/h3-4,9H,5-8,15H2,1-2H3. The van der Waals surface area contributed by atoms with E-state index in [0.29, 0.717) is 5.02 Å². The van der Waals surface area contributed by atoms with Gasteiger partial charge in [-0.1, -0.05) is 11.6 Å². The summed E-state index contributed by atoms with van der Waals surface area (Å²) in [5, 5.41) is 0.658. The predicted octanol–water partition coefficient (Wildman–Crippen LogP) is 2.67. The summed E-state index contributed by atoms with van der Waals surface area (Å²) in [7, 11) is 1.63. The average Bonchev–Trinajstić information content (AvgIpc) is 2.29. The van der Waals surface area contributed by atoms with E-state index in [0.717, 1.165) is 37.4 Å². The van der Waals surface area contributed by atoms with Gasteiger partial charge in [-0.3, -0.25) is 0 Å². The van der Waals surface area contributed by atoms with Crippen molar-refractivity contribution in [3.05, 3.63) is 23.2 Å². The molecule has 17 heavy (non-hydrogen) atoms. The van der Waals surface area contributed by atoms with Gasteiger partial charge in [-0.15, -0.1) is 0 Å². The van der Waals surface area contributed by atoms with E-state index in [1.165, 1.54) is 0 Å². The fraction of sp³-hybridized carbons (Fsp3) is 0.538. The molecule has 94 valence electrons. The average molecular weight is 255 g/mol. The number of hydrogen-bond acceptors (Lipinski definition) is 3. The predicted molar refractivity (Wildman–Crippen MR) is 72.0 cm³/mol. The molecule has 0 unspecified atom stereocenters. The molecular weight excluding hydrogens is 236 g/mol. The Morgan fingerprint density at radius 3 is 2.53 bits per heavy atom. The summed E-state index contributed by atoms with van der Waals surface area (Å²) in [6, 6.07) is 5.91. The Hall–Kier alpha value is -0.930. The van der Waals surface area contributed by atoms with Gasteiger partial charge in [0.2, 0.25) is 0 Å². The van der Waals surface area contributed by atoms with Crippen molar-refractivity contribution in [2.75, 3.05) is 25.1 Å². The largest absolute Gasteiger partial charge is 0.495 e. The van der Waals surface area contributed by atoms with E-state index in [1.54, 1.807) is 7.11 Å². The molecule has 1 heterocycles. The lowest BCUT2D eigenvalue weighted by atomic mass is 9.91. The molecule has 0 amide bonds. The number of methoxy groups -OCH3 is 1. The lowest BCUT2D eigenvalue weighted by molar-refractivity contribution is 0.364. The number of piperidine rings is 1. The first-order chi connectivity index (χ1) is 8.02. The molecule has 0 aliphatic carbocycles. The fourth-order valence-electron chi connectivity index (χ4n) is 2.13. The lowest BCUT2D eigenvalue weighted by Crippen LogP contribution is -2.48. The Bertz CT molecular complexity index is 396. The van der Waals surface area contributed by atoms with Crippen molar-refractivity contribution in [1.29, 1.82) is 0 Å². The van der Waals surface area contributed by atoms with Gasteiger partial charge in [0.25, 0.3) is 0 Å². The molecule has 0 radical (unpaired) electrons. The summed E-state index contributed by atoms with van der Waals surface area (Å²) in [6.45, 7) is 4.08. The number of nitrogens with zero attached hydrogens (tertiary/aromatic N) is 1. The first kappa shape index (κ1) is 12.5. The van der Waals surface area contributed by atoms with Crippen molar-refractivity contribution < 1.29 is 4.74 Å². The molecule has 0 spiro atoms. The Morgan fingerprint density at radius 1 is 1.35 bits per heavy atom. The topological polar surface area (TPSA) is 38.5 Å². The highest BCUT2D eigenvalue weighted by atomic mass is 35.5. The van der Waals surface area contributed by atoms with E-state index in [2.05, 4.69) is 11.8 Å². The fourth-order valence-corrected chi connectivity index (χ4v) is 2.38. The first-order valence-corrected chi connectivity index (χ1v) is 6.27. The van der Waals surface area contributed by atoms with Crippen LogP contribution in [0.5, 0.6) is 5.75 Å². The summed E-state index contributed by atoms with van der Waals surface area (Å²) in [6.07, 6.45) is 2.02. The van der Waals surface area contributed by atoms with Gasteiger partial charge in [-0.05, 0) is 38.0 Å². The van der Waals surface area contributed by atoms with Crippen LogP contribution < -0.4 is 15.4 Å². The molecule has 1 aliphatic heterocycles.